The number of ether oxygens (including phenoxy) is 1. The third kappa shape index (κ3) is 3.21. The fraction of sp³-hybridized carbons (Fsp3) is 0.250. The number of fused-ring (bicyclic) bond motifs is 1. The van der Waals surface area contributed by atoms with E-state index < -0.39 is 38.9 Å². The SMILES string of the molecule is O=S(=O)(c1ccc(Oc2cc(F)cc(F)c2)c2c1N(CO)CC2)C(F)F. The number of benzene rings is 2. The number of nitrogens with zero attached hydrogens (tertiary/aromatic N) is 1. The molecule has 0 unspecified atom stereocenters. The molecule has 1 heterocycles. The second-order valence-corrected chi connectivity index (χ2v) is 7.44. The summed E-state index contributed by atoms with van der Waals surface area (Å²) in [5.41, 5.74) is 0.160. The summed E-state index contributed by atoms with van der Waals surface area (Å²) >= 11 is 0. The molecule has 0 fully saturated rings. The minimum absolute atomic E-state index is 0.0640. The maximum atomic E-state index is 13.3. The Morgan fingerprint density at radius 3 is 2.38 bits per heavy atom. The molecule has 0 aliphatic carbocycles. The van der Waals surface area contributed by atoms with Gasteiger partial charge in [-0.2, -0.15) is 8.78 Å². The summed E-state index contributed by atoms with van der Waals surface area (Å²) in [7, 11) is -4.91. The lowest BCUT2D eigenvalue weighted by Crippen LogP contribution is -2.24. The molecule has 0 radical (unpaired) electrons. The molecule has 10 heteroatoms. The van der Waals surface area contributed by atoms with Crippen LogP contribution in [0.5, 0.6) is 11.5 Å². The van der Waals surface area contributed by atoms with Gasteiger partial charge >= 0.3 is 5.76 Å². The number of rotatable bonds is 5. The van der Waals surface area contributed by atoms with Crippen LogP contribution in [0.15, 0.2) is 35.2 Å². The summed E-state index contributed by atoms with van der Waals surface area (Å²) in [6.07, 6.45) is 0.204. The molecule has 0 saturated heterocycles. The van der Waals surface area contributed by atoms with Crippen molar-refractivity contribution in [1.82, 2.24) is 0 Å². The van der Waals surface area contributed by atoms with Gasteiger partial charge in [-0.05, 0) is 18.6 Å². The highest BCUT2D eigenvalue weighted by atomic mass is 32.2. The van der Waals surface area contributed by atoms with E-state index in [2.05, 4.69) is 0 Å². The monoisotopic (exact) mass is 391 g/mol. The van der Waals surface area contributed by atoms with Gasteiger partial charge in [0.1, 0.15) is 29.9 Å². The van der Waals surface area contributed by atoms with Crippen molar-refractivity contribution >= 4 is 15.5 Å². The van der Waals surface area contributed by atoms with Gasteiger partial charge in [-0.1, -0.05) is 0 Å². The van der Waals surface area contributed by atoms with E-state index in [9.17, 15) is 31.1 Å². The van der Waals surface area contributed by atoms with Gasteiger partial charge < -0.3 is 14.7 Å². The minimum Gasteiger partial charge on any atom is -0.457 e. The van der Waals surface area contributed by atoms with Crippen LogP contribution in [0.25, 0.3) is 0 Å². The molecule has 0 bridgehead atoms. The van der Waals surface area contributed by atoms with Crippen molar-refractivity contribution in [2.24, 2.45) is 0 Å². The second-order valence-electron chi connectivity index (χ2n) is 5.56. The molecule has 0 aromatic heterocycles. The molecule has 140 valence electrons. The van der Waals surface area contributed by atoms with E-state index in [1.165, 1.54) is 4.90 Å². The minimum atomic E-state index is -4.91. The number of aliphatic hydroxyl groups is 1. The standard InChI is InChI=1S/C16H13F4NO4S/c17-9-5-10(18)7-11(6-9)25-13-1-2-14(26(23,24)16(19)20)15-12(13)3-4-21(15)8-22/h1-2,5-7,16,22H,3-4,8H2. The van der Waals surface area contributed by atoms with Gasteiger partial charge in [-0.3, -0.25) is 0 Å². The molecule has 1 N–H and O–H groups in total. The average molecular weight is 391 g/mol. The molecular weight excluding hydrogens is 378 g/mol. The maximum absolute atomic E-state index is 13.3. The number of hydrogen-bond acceptors (Lipinski definition) is 5. The topological polar surface area (TPSA) is 66.8 Å². The fourth-order valence-corrected chi connectivity index (χ4v) is 3.79. The smallest absolute Gasteiger partial charge is 0.341 e. The van der Waals surface area contributed by atoms with Crippen LogP contribution in [0.3, 0.4) is 0 Å². The highest BCUT2D eigenvalue weighted by Crippen LogP contribution is 2.42. The van der Waals surface area contributed by atoms with E-state index >= 15 is 0 Å². The van der Waals surface area contributed by atoms with E-state index in [-0.39, 0.29) is 35.7 Å². The number of halogens is 4. The molecule has 0 amide bonds. The normalized spacial score (nSPS) is 14.0. The molecule has 1 aliphatic heterocycles. The fourth-order valence-electron chi connectivity index (χ4n) is 2.82. The summed E-state index contributed by atoms with van der Waals surface area (Å²) in [4.78, 5) is 0.579. The summed E-state index contributed by atoms with van der Waals surface area (Å²) in [5.74, 6) is -5.47. The van der Waals surface area contributed by atoms with E-state index in [1.54, 1.807) is 0 Å². The van der Waals surface area contributed by atoms with E-state index in [1.807, 2.05) is 0 Å². The van der Waals surface area contributed by atoms with Crippen LogP contribution in [0.4, 0.5) is 23.2 Å². The third-order valence-electron chi connectivity index (χ3n) is 3.93. The summed E-state index contributed by atoms with van der Waals surface area (Å²) in [5, 5.41) is 9.40. The Morgan fingerprint density at radius 2 is 1.81 bits per heavy atom. The average Bonchev–Trinajstić information content (AvgIpc) is 2.98. The van der Waals surface area contributed by atoms with Crippen molar-refractivity contribution in [2.45, 2.75) is 17.1 Å². The van der Waals surface area contributed by atoms with E-state index in [4.69, 9.17) is 4.74 Å². The molecule has 3 rings (SSSR count). The van der Waals surface area contributed by atoms with Gasteiger partial charge in [-0.15, -0.1) is 0 Å². The van der Waals surface area contributed by atoms with Crippen molar-refractivity contribution in [3.63, 3.8) is 0 Å². The lowest BCUT2D eigenvalue weighted by atomic mass is 10.1. The first-order chi connectivity index (χ1) is 12.2. The summed E-state index contributed by atoms with van der Waals surface area (Å²) in [6.45, 7) is -0.410. The van der Waals surface area contributed by atoms with Crippen molar-refractivity contribution < 1.29 is 35.8 Å². The van der Waals surface area contributed by atoms with Crippen LogP contribution in [0.2, 0.25) is 0 Å². The van der Waals surface area contributed by atoms with Crippen LogP contribution in [0.1, 0.15) is 5.56 Å². The molecule has 0 spiro atoms. The molecule has 2 aromatic carbocycles. The molecule has 0 saturated carbocycles. The number of alkyl halides is 2. The van der Waals surface area contributed by atoms with Crippen molar-refractivity contribution in [2.75, 3.05) is 18.2 Å². The van der Waals surface area contributed by atoms with Crippen LogP contribution in [-0.4, -0.2) is 32.6 Å². The molecule has 5 nitrogen and oxygen atoms in total. The lowest BCUT2D eigenvalue weighted by molar-refractivity contribution is 0.234. The zero-order valence-corrected chi connectivity index (χ0v) is 13.9. The van der Waals surface area contributed by atoms with Gasteiger partial charge in [0.2, 0.25) is 9.84 Å². The number of sulfone groups is 1. The highest BCUT2D eigenvalue weighted by Gasteiger charge is 2.35. The number of hydrogen-bond donors (Lipinski definition) is 1. The van der Waals surface area contributed by atoms with Crippen molar-refractivity contribution in [1.29, 1.82) is 0 Å². The van der Waals surface area contributed by atoms with Gasteiger partial charge in [0.15, 0.2) is 0 Å². The van der Waals surface area contributed by atoms with Crippen LogP contribution in [-0.2, 0) is 16.3 Å². The molecule has 0 atom stereocenters. The Balaban J connectivity index is 2.11. The predicted molar refractivity (Wildman–Crippen MR) is 84.2 cm³/mol. The van der Waals surface area contributed by atoms with Gasteiger partial charge in [-0.25, -0.2) is 17.2 Å². The van der Waals surface area contributed by atoms with Gasteiger partial charge in [0.05, 0.1) is 10.6 Å². The highest BCUT2D eigenvalue weighted by molar-refractivity contribution is 7.91. The maximum Gasteiger partial charge on any atom is 0.341 e. The van der Waals surface area contributed by atoms with Crippen LogP contribution in [0, 0.1) is 11.6 Å². The summed E-state index contributed by atoms with van der Waals surface area (Å²) in [6, 6.07) is 4.59. The van der Waals surface area contributed by atoms with Gasteiger partial charge in [0.25, 0.3) is 0 Å². The Labute approximate surface area is 146 Å². The van der Waals surface area contributed by atoms with Crippen LogP contribution < -0.4 is 9.64 Å². The second kappa shape index (κ2) is 6.76. The predicted octanol–water partition coefficient (Wildman–Crippen LogP) is 3.07. The summed E-state index contributed by atoms with van der Waals surface area (Å²) < 4.78 is 81.8. The van der Waals surface area contributed by atoms with Crippen molar-refractivity contribution in [3.8, 4) is 11.5 Å². The largest absolute Gasteiger partial charge is 0.457 e. The molecule has 1 aliphatic rings. The molecular formula is C16H13F4NO4S. The Bertz CT molecular complexity index is 929. The van der Waals surface area contributed by atoms with Crippen molar-refractivity contribution in [3.05, 3.63) is 47.5 Å². The first-order valence-electron chi connectivity index (χ1n) is 7.41. The first-order valence-corrected chi connectivity index (χ1v) is 8.96. The first kappa shape index (κ1) is 18.5. The Hall–Kier alpha value is -2.33. The Kier molecular flexibility index (Phi) is 4.80. The van der Waals surface area contributed by atoms with E-state index in [0.717, 1.165) is 24.3 Å². The quantitative estimate of drug-likeness (QED) is 0.794. The number of aliphatic hydroxyl groups excluding tert-OH is 1. The number of anilines is 1. The zero-order chi connectivity index (χ0) is 19.1. The lowest BCUT2D eigenvalue weighted by Gasteiger charge is -2.20. The third-order valence-corrected chi connectivity index (χ3v) is 5.34. The Morgan fingerprint density at radius 1 is 1.15 bits per heavy atom. The molecule has 26 heavy (non-hydrogen) atoms. The van der Waals surface area contributed by atoms with Gasteiger partial charge in [0, 0.05) is 30.3 Å². The zero-order valence-electron chi connectivity index (χ0n) is 13.1. The molecule has 2 aromatic rings. The van der Waals surface area contributed by atoms with E-state index in [0.29, 0.717) is 6.07 Å². The van der Waals surface area contributed by atoms with Crippen LogP contribution >= 0.6 is 0 Å².